The Morgan fingerprint density at radius 1 is 1.35 bits per heavy atom. The Morgan fingerprint density at radius 2 is 1.95 bits per heavy atom. The van der Waals surface area contributed by atoms with E-state index < -0.39 is 12.0 Å². The number of carboxylic acids is 1. The lowest BCUT2D eigenvalue weighted by molar-refractivity contribution is -0.137. The Labute approximate surface area is 127 Å². The second kappa shape index (κ2) is 8.17. The van der Waals surface area contributed by atoms with Crippen molar-refractivity contribution in [2.45, 2.75) is 19.4 Å². The Kier molecular flexibility index (Phi) is 6.88. The number of thioether (sulfide) groups is 1. The van der Waals surface area contributed by atoms with Gasteiger partial charge in [-0.05, 0) is 24.0 Å². The fourth-order valence-electron chi connectivity index (χ4n) is 1.76. The highest BCUT2D eigenvalue weighted by molar-refractivity contribution is 7.98. The molecule has 0 fully saturated rings. The van der Waals surface area contributed by atoms with E-state index in [-0.39, 0.29) is 18.2 Å². The minimum Gasteiger partial charge on any atom is -0.481 e. The van der Waals surface area contributed by atoms with Crippen molar-refractivity contribution in [2.24, 2.45) is 5.92 Å². The smallest absolute Gasteiger partial charge is 0.305 e. The molecular formula is C14H18ClNO3S. The van der Waals surface area contributed by atoms with Gasteiger partial charge in [-0.2, -0.15) is 11.8 Å². The van der Waals surface area contributed by atoms with Crippen molar-refractivity contribution >= 4 is 35.2 Å². The van der Waals surface area contributed by atoms with Crippen LogP contribution in [0.3, 0.4) is 0 Å². The molecule has 0 saturated carbocycles. The molecule has 0 aliphatic carbocycles. The Bertz CT molecular complexity index is 464. The number of carbonyl (C=O) groups excluding carboxylic acids is 1. The van der Waals surface area contributed by atoms with Crippen LogP contribution in [0.2, 0.25) is 5.02 Å². The van der Waals surface area contributed by atoms with Crippen molar-refractivity contribution in [3.8, 4) is 0 Å². The van der Waals surface area contributed by atoms with Gasteiger partial charge in [0.05, 0.1) is 12.5 Å². The molecule has 20 heavy (non-hydrogen) atoms. The first-order chi connectivity index (χ1) is 9.43. The molecule has 0 spiro atoms. The maximum atomic E-state index is 12.0. The number of amides is 1. The number of rotatable bonds is 7. The van der Waals surface area contributed by atoms with Gasteiger partial charge in [0.25, 0.3) is 0 Å². The third-order valence-electron chi connectivity index (χ3n) is 2.83. The van der Waals surface area contributed by atoms with Crippen LogP contribution >= 0.6 is 23.4 Å². The second-order valence-electron chi connectivity index (χ2n) is 4.57. The summed E-state index contributed by atoms with van der Waals surface area (Å²) in [6, 6.07) is 6.29. The molecule has 0 aromatic heterocycles. The summed E-state index contributed by atoms with van der Waals surface area (Å²) in [4.78, 5) is 23.0. The van der Waals surface area contributed by atoms with E-state index in [0.717, 1.165) is 5.56 Å². The first-order valence-corrected chi connectivity index (χ1v) is 7.97. The number of hydrogen-bond acceptors (Lipinski definition) is 3. The highest BCUT2D eigenvalue weighted by atomic mass is 35.5. The predicted octanol–water partition coefficient (Wildman–Crippen LogP) is 2.97. The number of carboxylic acid groups (broad SMARTS) is 1. The number of benzene rings is 1. The van der Waals surface area contributed by atoms with E-state index >= 15 is 0 Å². The van der Waals surface area contributed by atoms with E-state index in [1.807, 2.05) is 13.2 Å². The monoisotopic (exact) mass is 315 g/mol. The molecule has 0 aliphatic rings. The fraction of sp³-hybridized carbons (Fsp3) is 0.429. The third kappa shape index (κ3) is 5.43. The van der Waals surface area contributed by atoms with Gasteiger partial charge in [0, 0.05) is 16.7 Å². The van der Waals surface area contributed by atoms with E-state index in [1.54, 1.807) is 36.0 Å². The first kappa shape index (κ1) is 16.9. The molecule has 1 aromatic rings. The zero-order valence-electron chi connectivity index (χ0n) is 11.4. The summed E-state index contributed by atoms with van der Waals surface area (Å²) < 4.78 is 0. The van der Waals surface area contributed by atoms with Crippen LogP contribution in [0, 0.1) is 5.92 Å². The molecule has 0 aliphatic heterocycles. The molecule has 1 unspecified atom stereocenters. The van der Waals surface area contributed by atoms with Gasteiger partial charge in [-0.3, -0.25) is 9.59 Å². The van der Waals surface area contributed by atoms with E-state index in [2.05, 4.69) is 5.32 Å². The largest absolute Gasteiger partial charge is 0.481 e. The van der Waals surface area contributed by atoms with Crippen LogP contribution in [-0.2, 0) is 9.59 Å². The molecule has 4 nitrogen and oxygen atoms in total. The van der Waals surface area contributed by atoms with Crippen LogP contribution in [0.4, 0.5) is 0 Å². The summed E-state index contributed by atoms with van der Waals surface area (Å²) in [5.41, 5.74) is 0.738. The lowest BCUT2D eigenvalue weighted by Gasteiger charge is -2.20. The summed E-state index contributed by atoms with van der Waals surface area (Å²) in [6.45, 7) is 1.82. The molecule has 2 N–H and O–H groups in total. The molecule has 110 valence electrons. The fourth-order valence-corrected chi connectivity index (χ4v) is 2.54. The lowest BCUT2D eigenvalue weighted by atomic mass is 10.0. The lowest BCUT2D eigenvalue weighted by Crippen LogP contribution is -2.34. The molecule has 0 radical (unpaired) electrons. The van der Waals surface area contributed by atoms with Gasteiger partial charge >= 0.3 is 5.97 Å². The summed E-state index contributed by atoms with van der Waals surface area (Å²) in [5, 5.41) is 12.3. The van der Waals surface area contributed by atoms with E-state index in [1.165, 1.54) is 0 Å². The minimum absolute atomic E-state index is 0.138. The minimum atomic E-state index is -0.956. The van der Waals surface area contributed by atoms with Crippen molar-refractivity contribution in [3.05, 3.63) is 34.9 Å². The molecule has 1 amide bonds. The van der Waals surface area contributed by atoms with Gasteiger partial charge in [-0.15, -0.1) is 0 Å². The summed E-state index contributed by atoms with van der Waals surface area (Å²) in [5.74, 6) is -0.552. The molecule has 0 heterocycles. The maximum Gasteiger partial charge on any atom is 0.305 e. The molecule has 2 atom stereocenters. The van der Waals surface area contributed by atoms with Gasteiger partial charge in [-0.1, -0.05) is 30.7 Å². The van der Waals surface area contributed by atoms with E-state index in [4.69, 9.17) is 16.7 Å². The number of carbonyl (C=O) groups is 2. The number of nitrogens with one attached hydrogen (secondary N) is 1. The summed E-state index contributed by atoms with van der Waals surface area (Å²) >= 11 is 7.40. The van der Waals surface area contributed by atoms with Crippen molar-refractivity contribution in [3.63, 3.8) is 0 Å². The van der Waals surface area contributed by atoms with Gasteiger partial charge in [-0.25, -0.2) is 0 Å². The van der Waals surface area contributed by atoms with Crippen molar-refractivity contribution < 1.29 is 14.7 Å². The standard InChI is InChI=1S/C14H18ClNO3S/c1-9(8-20-2)14(19)16-12(7-13(17)18)10-3-5-11(15)6-4-10/h3-6,9,12H,7-8H2,1-2H3,(H,16,19)(H,17,18)/t9?,12-/m0/s1. The summed E-state index contributed by atoms with van der Waals surface area (Å²) in [6.07, 6.45) is 1.77. The quantitative estimate of drug-likeness (QED) is 0.812. The van der Waals surface area contributed by atoms with Crippen LogP contribution in [0.1, 0.15) is 24.9 Å². The van der Waals surface area contributed by atoms with Crippen LogP contribution in [0.25, 0.3) is 0 Å². The van der Waals surface area contributed by atoms with Crippen molar-refractivity contribution in [2.75, 3.05) is 12.0 Å². The topological polar surface area (TPSA) is 66.4 Å². The van der Waals surface area contributed by atoms with Crippen molar-refractivity contribution in [1.82, 2.24) is 5.32 Å². The average Bonchev–Trinajstić information content (AvgIpc) is 2.38. The zero-order chi connectivity index (χ0) is 15.1. The molecule has 0 bridgehead atoms. The van der Waals surface area contributed by atoms with E-state index in [0.29, 0.717) is 10.8 Å². The van der Waals surface area contributed by atoms with Crippen LogP contribution in [0.5, 0.6) is 0 Å². The highest BCUT2D eigenvalue weighted by Gasteiger charge is 2.21. The van der Waals surface area contributed by atoms with Gasteiger partial charge in [0.15, 0.2) is 0 Å². The molecule has 1 rings (SSSR count). The predicted molar refractivity (Wildman–Crippen MR) is 82.1 cm³/mol. The zero-order valence-corrected chi connectivity index (χ0v) is 13.0. The molecule has 1 aromatic carbocycles. The average molecular weight is 316 g/mol. The normalized spacial score (nSPS) is 13.6. The van der Waals surface area contributed by atoms with Gasteiger partial charge in [0.1, 0.15) is 0 Å². The van der Waals surface area contributed by atoms with E-state index in [9.17, 15) is 9.59 Å². The molecule has 0 saturated heterocycles. The SMILES string of the molecule is CSCC(C)C(=O)N[C@@H](CC(=O)O)c1ccc(Cl)cc1. The Morgan fingerprint density at radius 3 is 2.45 bits per heavy atom. The van der Waals surface area contributed by atoms with Crippen LogP contribution in [-0.4, -0.2) is 29.0 Å². The molecular weight excluding hydrogens is 298 g/mol. The maximum absolute atomic E-state index is 12.0. The van der Waals surface area contributed by atoms with Crippen LogP contribution < -0.4 is 5.32 Å². The highest BCUT2D eigenvalue weighted by Crippen LogP contribution is 2.20. The van der Waals surface area contributed by atoms with Crippen LogP contribution in [0.15, 0.2) is 24.3 Å². The van der Waals surface area contributed by atoms with Crippen molar-refractivity contribution in [1.29, 1.82) is 0 Å². The summed E-state index contributed by atoms with van der Waals surface area (Å²) in [7, 11) is 0. The second-order valence-corrected chi connectivity index (χ2v) is 5.91. The first-order valence-electron chi connectivity index (χ1n) is 6.20. The Hall–Kier alpha value is -1.20. The number of halogens is 1. The van der Waals surface area contributed by atoms with Gasteiger partial charge in [0.2, 0.25) is 5.91 Å². The van der Waals surface area contributed by atoms with Gasteiger partial charge < -0.3 is 10.4 Å². The number of hydrogen-bond donors (Lipinski definition) is 2. The number of aliphatic carboxylic acids is 1. The third-order valence-corrected chi connectivity index (χ3v) is 3.92. The Balaban J connectivity index is 2.81. The molecule has 6 heteroatoms.